The average molecular weight is 317 g/mol. The summed E-state index contributed by atoms with van der Waals surface area (Å²) in [6.45, 7) is 2.25. The molecule has 1 aromatic carbocycles. The predicted molar refractivity (Wildman–Crippen MR) is 85.5 cm³/mol. The largest absolute Gasteiger partial charge is 0.484 e. The summed E-state index contributed by atoms with van der Waals surface area (Å²) in [7, 11) is 0. The number of rotatable bonds is 4. The van der Waals surface area contributed by atoms with Crippen LogP contribution in [0, 0.1) is 5.92 Å². The van der Waals surface area contributed by atoms with Crippen molar-refractivity contribution in [3.8, 4) is 5.75 Å². The summed E-state index contributed by atoms with van der Waals surface area (Å²) in [5.41, 5.74) is 2.70. The third-order valence-corrected chi connectivity index (χ3v) is 5.07. The molecule has 0 spiro atoms. The van der Waals surface area contributed by atoms with Crippen LogP contribution in [0.1, 0.15) is 37.3 Å². The van der Waals surface area contributed by atoms with Gasteiger partial charge in [-0.3, -0.25) is 9.59 Å². The number of carbonyl (C=O) groups excluding carboxylic acids is 1. The van der Waals surface area contributed by atoms with Gasteiger partial charge in [-0.05, 0) is 62.3 Å². The molecular weight excluding hydrogens is 294 g/mol. The number of benzene rings is 1. The molecule has 1 aliphatic heterocycles. The number of carboxylic acids is 1. The molecule has 23 heavy (non-hydrogen) atoms. The van der Waals surface area contributed by atoms with E-state index in [9.17, 15) is 9.59 Å². The fourth-order valence-corrected chi connectivity index (χ4v) is 3.65. The van der Waals surface area contributed by atoms with E-state index >= 15 is 0 Å². The van der Waals surface area contributed by atoms with Crippen molar-refractivity contribution in [3.05, 3.63) is 29.3 Å². The highest BCUT2D eigenvalue weighted by Crippen LogP contribution is 2.26. The van der Waals surface area contributed by atoms with Crippen molar-refractivity contribution in [2.45, 2.75) is 45.1 Å². The normalized spacial score (nSPS) is 23.4. The van der Waals surface area contributed by atoms with Crippen LogP contribution in [0.25, 0.3) is 0 Å². The van der Waals surface area contributed by atoms with Gasteiger partial charge in [0.25, 0.3) is 5.91 Å². The minimum Gasteiger partial charge on any atom is -0.484 e. The minimum atomic E-state index is -0.830. The summed E-state index contributed by atoms with van der Waals surface area (Å²) >= 11 is 0. The van der Waals surface area contributed by atoms with Gasteiger partial charge in [0.05, 0.1) is 5.92 Å². The molecule has 2 aliphatic rings. The van der Waals surface area contributed by atoms with Crippen LogP contribution in [0.15, 0.2) is 18.2 Å². The van der Waals surface area contributed by atoms with Crippen LogP contribution in [0.4, 0.5) is 0 Å². The number of ether oxygens (including phenoxy) is 1. The number of hydrogen-bond donors (Lipinski definition) is 1. The second kappa shape index (κ2) is 6.60. The van der Waals surface area contributed by atoms with E-state index in [0.717, 1.165) is 18.6 Å². The number of aryl methyl sites for hydroxylation is 2. The smallest absolute Gasteiger partial charge is 0.308 e. The van der Waals surface area contributed by atoms with Gasteiger partial charge < -0.3 is 14.7 Å². The highest BCUT2D eigenvalue weighted by molar-refractivity contribution is 5.80. The number of hydrogen-bond acceptors (Lipinski definition) is 3. The molecule has 1 aliphatic carbocycles. The second-order valence-corrected chi connectivity index (χ2v) is 6.49. The van der Waals surface area contributed by atoms with Crippen molar-refractivity contribution < 1.29 is 19.4 Å². The number of carbonyl (C=O) groups is 2. The molecule has 0 radical (unpaired) electrons. The number of amides is 1. The molecule has 1 saturated heterocycles. The predicted octanol–water partition coefficient (Wildman–Crippen LogP) is 2.27. The van der Waals surface area contributed by atoms with Crippen LogP contribution in [0.2, 0.25) is 0 Å². The molecule has 3 rings (SSSR count). The van der Waals surface area contributed by atoms with Crippen LogP contribution in [0.3, 0.4) is 0 Å². The third kappa shape index (κ3) is 3.33. The maximum absolute atomic E-state index is 12.3. The van der Waals surface area contributed by atoms with Crippen molar-refractivity contribution in [3.63, 3.8) is 0 Å². The minimum absolute atomic E-state index is 0.0323. The molecule has 0 bridgehead atoms. The molecule has 1 N–H and O–H groups in total. The first-order valence-corrected chi connectivity index (χ1v) is 8.33. The first-order valence-electron chi connectivity index (χ1n) is 8.33. The molecule has 124 valence electrons. The van der Waals surface area contributed by atoms with E-state index in [-0.39, 0.29) is 18.6 Å². The highest BCUT2D eigenvalue weighted by Gasteiger charge is 2.38. The van der Waals surface area contributed by atoms with E-state index in [1.54, 1.807) is 11.8 Å². The van der Waals surface area contributed by atoms with Gasteiger partial charge in [0.15, 0.2) is 6.61 Å². The Morgan fingerprint density at radius 3 is 2.70 bits per heavy atom. The zero-order chi connectivity index (χ0) is 16.4. The SMILES string of the molecule is CC1C(C(=O)O)CCN1C(=O)COc1ccc2c(c1)CCCC2. The van der Waals surface area contributed by atoms with Crippen LogP contribution in [0.5, 0.6) is 5.75 Å². The summed E-state index contributed by atoms with van der Waals surface area (Å²) < 4.78 is 5.65. The summed E-state index contributed by atoms with van der Waals surface area (Å²) in [5, 5.41) is 9.13. The van der Waals surface area contributed by atoms with Gasteiger partial charge in [0.2, 0.25) is 0 Å². The molecule has 0 saturated carbocycles. The maximum Gasteiger partial charge on any atom is 0.308 e. The Morgan fingerprint density at radius 1 is 1.26 bits per heavy atom. The molecule has 1 aromatic rings. The lowest BCUT2D eigenvalue weighted by atomic mass is 9.92. The summed E-state index contributed by atoms with van der Waals surface area (Å²) in [6, 6.07) is 5.78. The van der Waals surface area contributed by atoms with Crippen LogP contribution in [-0.2, 0) is 22.4 Å². The zero-order valence-corrected chi connectivity index (χ0v) is 13.5. The lowest BCUT2D eigenvalue weighted by molar-refractivity contribution is -0.143. The first kappa shape index (κ1) is 15.8. The highest BCUT2D eigenvalue weighted by atomic mass is 16.5. The van der Waals surface area contributed by atoms with Crippen molar-refractivity contribution in [1.82, 2.24) is 4.90 Å². The van der Waals surface area contributed by atoms with Crippen molar-refractivity contribution in [1.29, 1.82) is 0 Å². The molecule has 1 fully saturated rings. The van der Waals surface area contributed by atoms with Crippen molar-refractivity contribution in [2.24, 2.45) is 5.92 Å². The topological polar surface area (TPSA) is 66.8 Å². The van der Waals surface area contributed by atoms with Crippen LogP contribution < -0.4 is 4.74 Å². The molecule has 0 aromatic heterocycles. The molecule has 2 unspecified atom stereocenters. The molecule has 1 amide bonds. The lowest BCUT2D eigenvalue weighted by Gasteiger charge is -2.23. The fourth-order valence-electron chi connectivity index (χ4n) is 3.65. The Bertz CT molecular complexity index is 613. The number of nitrogens with zero attached hydrogens (tertiary/aromatic N) is 1. The van der Waals surface area contributed by atoms with Gasteiger partial charge in [-0.25, -0.2) is 0 Å². The van der Waals surface area contributed by atoms with E-state index in [2.05, 4.69) is 6.07 Å². The number of likely N-dealkylation sites (tertiary alicyclic amines) is 1. The van der Waals surface area contributed by atoms with Gasteiger partial charge in [0, 0.05) is 12.6 Å². The number of carboxylic acid groups (broad SMARTS) is 1. The van der Waals surface area contributed by atoms with Gasteiger partial charge in [-0.2, -0.15) is 0 Å². The Labute approximate surface area is 136 Å². The Kier molecular flexibility index (Phi) is 4.55. The van der Waals surface area contributed by atoms with E-state index in [1.165, 1.54) is 24.0 Å². The van der Waals surface area contributed by atoms with Crippen LogP contribution >= 0.6 is 0 Å². The summed E-state index contributed by atoms with van der Waals surface area (Å²) in [4.78, 5) is 25.0. The quantitative estimate of drug-likeness (QED) is 0.925. The van der Waals surface area contributed by atoms with Gasteiger partial charge in [-0.1, -0.05) is 6.07 Å². The standard InChI is InChI=1S/C18H23NO4/c1-12-16(18(21)22)8-9-19(12)17(20)11-23-15-7-6-13-4-2-3-5-14(13)10-15/h6-7,10,12,16H,2-5,8-9,11H2,1H3,(H,21,22). The van der Waals surface area contributed by atoms with Crippen molar-refractivity contribution >= 4 is 11.9 Å². The summed E-state index contributed by atoms with van der Waals surface area (Å²) in [5.74, 6) is -0.717. The van der Waals surface area contributed by atoms with Gasteiger partial charge in [0.1, 0.15) is 5.75 Å². The van der Waals surface area contributed by atoms with Gasteiger partial charge in [-0.15, -0.1) is 0 Å². The lowest BCUT2D eigenvalue weighted by Crippen LogP contribution is -2.40. The van der Waals surface area contributed by atoms with E-state index in [4.69, 9.17) is 9.84 Å². The zero-order valence-electron chi connectivity index (χ0n) is 13.5. The van der Waals surface area contributed by atoms with E-state index in [0.29, 0.717) is 13.0 Å². The Morgan fingerprint density at radius 2 is 2.00 bits per heavy atom. The molecule has 5 heteroatoms. The molecule has 1 heterocycles. The molecule has 5 nitrogen and oxygen atoms in total. The molecular formula is C18H23NO4. The Hall–Kier alpha value is -2.04. The first-order chi connectivity index (χ1) is 11.1. The third-order valence-electron chi connectivity index (χ3n) is 5.07. The van der Waals surface area contributed by atoms with E-state index in [1.807, 2.05) is 12.1 Å². The fraction of sp³-hybridized carbons (Fsp3) is 0.556. The number of fused-ring (bicyclic) bond motifs is 1. The molecule has 2 atom stereocenters. The van der Waals surface area contributed by atoms with Crippen molar-refractivity contribution in [2.75, 3.05) is 13.2 Å². The van der Waals surface area contributed by atoms with Gasteiger partial charge >= 0.3 is 5.97 Å². The Balaban J connectivity index is 1.58. The number of aliphatic carboxylic acids is 1. The van der Waals surface area contributed by atoms with Crippen LogP contribution in [-0.4, -0.2) is 41.1 Å². The monoisotopic (exact) mass is 317 g/mol. The second-order valence-electron chi connectivity index (χ2n) is 6.49. The average Bonchev–Trinajstić information content (AvgIpc) is 2.94. The van der Waals surface area contributed by atoms with E-state index < -0.39 is 11.9 Å². The summed E-state index contributed by atoms with van der Waals surface area (Å²) in [6.07, 6.45) is 5.15. The maximum atomic E-state index is 12.3.